The molecule has 7 nitrogen and oxygen atoms in total. The number of nitrogens with one attached hydrogen (secondary N) is 1. The minimum Gasteiger partial charge on any atom is -0.324 e. The number of aryl methyl sites for hydroxylation is 1. The summed E-state index contributed by atoms with van der Waals surface area (Å²) in [6.45, 7) is 1.44. The lowest BCUT2D eigenvalue weighted by Gasteiger charge is -2.28. The average Bonchev–Trinajstić information content (AvgIpc) is 2.89. The van der Waals surface area contributed by atoms with Crippen molar-refractivity contribution in [3.63, 3.8) is 0 Å². The Kier molecular flexibility index (Phi) is 5.26. The molecule has 0 aliphatic heterocycles. The molecule has 1 heterocycles. The molecule has 0 aliphatic carbocycles. The highest BCUT2D eigenvalue weighted by Crippen LogP contribution is 2.24. The van der Waals surface area contributed by atoms with Crippen molar-refractivity contribution in [3.05, 3.63) is 57.9 Å². The third kappa shape index (κ3) is 3.92. The Morgan fingerprint density at radius 1 is 1.21 bits per heavy atom. The summed E-state index contributed by atoms with van der Waals surface area (Å²) in [5.41, 5.74) is 1.37. The van der Waals surface area contributed by atoms with Gasteiger partial charge in [-0.15, -0.1) is 0 Å². The first-order valence-corrected chi connectivity index (χ1v) is 10.9. The number of hydrogen-bond donors (Lipinski definition) is 1. The molecule has 0 spiro atoms. The zero-order valence-electron chi connectivity index (χ0n) is 15.3. The molecule has 28 heavy (non-hydrogen) atoms. The third-order valence-electron chi connectivity index (χ3n) is 4.23. The number of thiazole rings is 1. The van der Waals surface area contributed by atoms with Crippen molar-refractivity contribution >= 4 is 48.9 Å². The molecule has 3 rings (SSSR count). The first kappa shape index (κ1) is 20.0. The van der Waals surface area contributed by atoms with Gasteiger partial charge in [-0.1, -0.05) is 11.3 Å². The van der Waals surface area contributed by atoms with E-state index in [0.29, 0.717) is 10.4 Å². The number of benzene rings is 2. The number of fused-ring (bicyclic) bond motifs is 1. The van der Waals surface area contributed by atoms with Gasteiger partial charge in [0.1, 0.15) is 11.9 Å². The summed E-state index contributed by atoms with van der Waals surface area (Å²) in [6.07, 6.45) is 0.980. The number of sulfonamides is 1. The van der Waals surface area contributed by atoms with Crippen molar-refractivity contribution < 1.29 is 17.6 Å². The summed E-state index contributed by atoms with van der Waals surface area (Å²) in [5, 5.41) is 2.67. The molecule has 2 aromatic carbocycles. The van der Waals surface area contributed by atoms with Gasteiger partial charge in [-0.3, -0.25) is 13.9 Å². The quantitative estimate of drug-likeness (QED) is 0.683. The molecule has 0 saturated carbocycles. The van der Waals surface area contributed by atoms with Crippen molar-refractivity contribution in [3.8, 4) is 0 Å². The van der Waals surface area contributed by atoms with E-state index in [0.717, 1.165) is 39.5 Å². The first-order valence-electron chi connectivity index (χ1n) is 8.23. The monoisotopic (exact) mass is 423 g/mol. The smallest absolute Gasteiger partial charge is 0.307 e. The van der Waals surface area contributed by atoms with Gasteiger partial charge in [-0.05, 0) is 49.4 Å². The number of carbonyl (C=O) groups excluding carboxylic acids is 1. The topological polar surface area (TPSA) is 88.5 Å². The van der Waals surface area contributed by atoms with Crippen LogP contribution in [0.1, 0.15) is 6.92 Å². The van der Waals surface area contributed by atoms with E-state index < -0.39 is 27.8 Å². The minimum absolute atomic E-state index is 0.119. The molecule has 148 valence electrons. The van der Waals surface area contributed by atoms with Crippen LogP contribution in [0.2, 0.25) is 0 Å². The number of anilines is 2. The maximum atomic E-state index is 13.2. The largest absolute Gasteiger partial charge is 0.324 e. The predicted molar refractivity (Wildman–Crippen MR) is 109 cm³/mol. The zero-order chi connectivity index (χ0) is 20.6. The number of nitrogens with zero attached hydrogens (tertiary/aromatic N) is 2. The maximum absolute atomic E-state index is 13.2. The molecule has 3 aromatic rings. The number of carbonyl (C=O) groups is 1. The van der Waals surface area contributed by atoms with E-state index in [-0.39, 0.29) is 10.6 Å². The standard InChI is InChI=1S/C18H18FN3O4S2/c1-11(22(28(3,25)26)14-7-4-12(19)5-8-14)17(23)20-13-6-9-15-16(10-13)27-18(24)21(15)2/h4-11H,1-3H3,(H,20,23)/t11-/m1/s1. The van der Waals surface area contributed by atoms with Gasteiger partial charge in [0, 0.05) is 12.7 Å². The predicted octanol–water partition coefficient (Wildman–Crippen LogP) is 2.53. The summed E-state index contributed by atoms with van der Waals surface area (Å²) < 4.78 is 40.8. The van der Waals surface area contributed by atoms with Crippen LogP contribution in [0.4, 0.5) is 15.8 Å². The molecule has 0 unspecified atom stereocenters. The van der Waals surface area contributed by atoms with Crippen LogP contribution < -0.4 is 14.5 Å². The van der Waals surface area contributed by atoms with Crippen LogP contribution in [0.25, 0.3) is 10.2 Å². The Balaban J connectivity index is 1.89. The number of aromatic nitrogens is 1. The van der Waals surface area contributed by atoms with Gasteiger partial charge in [-0.2, -0.15) is 0 Å². The van der Waals surface area contributed by atoms with Gasteiger partial charge in [0.05, 0.1) is 22.2 Å². The van der Waals surface area contributed by atoms with Crippen LogP contribution >= 0.6 is 11.3 Å². The molecule has 0 radical (unpaired) electrons. The molecule has 0 aliphatic rings. The Morgan fingerprint density at radius 2 is 1.86 bits per heavy atom. The lowest BCUT2D eigenvalue weighted by atomic mass is 10.2. The third-order valence-corrected chi connectivity index (χ3v) is 6.47. The van der Waals surface area contributed by atoms with Crippen molar-refractivity contribution in [2.45, 2.75) is 13.0 Å². The highest BCUT2D eigenvalue weighted by atomic mass is 32.2. The van der Waals surface area contributed by atoms with E-state index >= 15 is 0 Å². The molecule has 10 heteroatoms. The van der Waals surface area contributed by atoms with Crippen LogP contribution in [0.15, 0.2) is 47.3 Å². The molecule has 1 amide bonds. The van der Waals surface area contributed by atoms with Gasteiger partial charge >= 0.3 is 4.87 Å². The fourth-order valence-electron chi connectivity index (χ4n) is 2.86. The first-order chi connectivity index (χ1) is 13.1. The van der Waals surface area contributed by atoms with E-state index in [1.165, 1.54) is 23.6 Å². The second kappa shape index (κ2) is 7.36. The Hall–Kier alpha value is -2.72. The van der Waals surface area contributed by atoms with Gasteiger partial charge in [0.2, 0.25) is 15.9 Å². The van der Waals surface area contributed by atoms with E-state index in [1.54, 1.807) is 25.2 Å². The van der Waals surface area contributed by atoms with E-state index in [9.17, 15) is 22.4 Å². The molecule has 0 fully saturated rings. The van der Waals surface area contributed by atoms with Crippen LogP contribution in [0, 0.1) is 5.82 Å². The zero-order valence-corrected chi connectivity index (χ0v) is 17.0. The lowest BCUT2D eigenvalue weighted by Crippen LogP contribution is -2.45. The Labute approximate surface area is 165 Å². The minimum atomic E-state index is -3.80. The second-order valence-corrected chi connectivity index (χ2v) is 9.16. The SMILES string of the molecule is C[C@H](C(=O)Nc1ccc2c(c1)sc(=O)n2C)N(c1ccc(F)cc1)S(C)(=O)=O. The summed E-state index contributed by atoms with van der Waals surface area (Å²) in [7, 11) is -2.14. The number of amides is 1. The molecular formula is C18H18FN3O4S2. The maximum Gasteiger partial charge on any atom is 0.307 e. The fraction of sp³-hybridized carbons (Fsp3) is 0.222. The van der Waals surface area contributed by atoms with E-state index in [4.69, 9.17) is 0 Å². The molecule has 0 saturated heterocycles. The second-order valence-electron chi connectivity index (χ2n) is 6.31. The lowest BCUT2D eigenvalue weighted by molar-refractivity contribution is -0.116. The summed E-state index contributed by atoms with van der Waals surface area (Å²) in [4.78, 5) is 24.3. The molecule has 0 bridgehead atoms. The average molecular weight is 423 g/mol. The van der Waals surface area contributed by atoms with Gasteiger partial charge in [0.25, 0.3) is 0 Å². The van der Waals surface area contributed by atoms with Crippen LogP contribution in [0.3, 0.4) is 0 Å². The summed E-state index contributed by atoms with van der Waals surface area (Å²) >= 11 is 1.05. The fourth-order valence-corrected chi connectivity index (χ4v) is 4.95. The van der Waals surface area contributed by atoms with Crippen molar-refractivity contribution in [1.29, 1.82) is 0 Å². The van der Waals surface area contributed by atoms with Crippen LogP contribution in [-0.4, -0.2) is 31.2 Å². The summed E-state index contributed by atoms with van der Waals surface area (Å²) in [5.74, 6) is -1.07. The van der Waals surface area contributed by atoms with Crippen molar-refractivity contribution in [2.24, 2.45) is 7.05 Å². The van der Waals surface area contributed by atoms with Gasteiger partial charge in [0.15, 0.2) is 0 Å². The normalized spacial score (nSPS) is 12.7. The van der Waals surface area contributed by atoms with Crippen LogP contribution in [0.5, 0.6) is 0 Å². The van der Waals surface area contributed by atoms with Crippen LogP contribution in [-0.2, 0) is 21.9 Å². The van der Waals surface area contributed by atoms with E-state index in [1.807, 2.05) is 0 Å². The molecular weight excluding hydrogens is 405 g/mol. The van der Waals surface area contributed by atoms with Gasteiger partial charge < -0.3 is 9.88 Å². The highest BCUT2D eigenvalue weighted by Gasteiger charge is 2.29. The van der Waals surface area contributed by atoms with Crippen molar-refractivity contribution in [1.82, 2.24) is 4.57 Å². The number of hydrogen-bond acceptors (Lipinski definition) is 5. The van der Waals surface area contributed by atoms with Crippen molar-refractivity contribution in [2.75, 3.05) is 15.9 Å². The Bertz CT molecular complexity index is 1200. The number of halogens is 1. The summed E-state index contributed by atoms with van der Waals surface area (Å²) in [6, 6.07) is 8.79. The number of rotatable bonds is 5. The highest BCUT2D eigenvalue weighted by molar-refractivity contribution is 7.92. The Morgan fingerprint density at radius 3 is 2.46 bits per heavy atom. The van der Waals surface area contributed by atoms with E-state index in [2.05, 4.69) is 5.32 Å². The molecule has 1 N–H and O–H groups in total. The molecule has 1 aromatic heterocycles. The molecule has 1 atom stereocenters. The van der Waals surface area contributed by atoms with Gasteiger partial charge in [-0.25, -0.2) is 12.8 Å².